The van der Waals surface area contributed by atoms with Crippen molar-refractivity contribution in [2.45, 2.75) is 18.9 Å². The highest BCUT2D eigenvalue weighted by Crippen LogP contribution is 2.46. The van der Waals surface area contributed by atoms with E-state index in [9.17, 15) is 14.4 Å². The Morgan fingerprint density at radius 3 is 2.78 bits per heavy atom. The van der Waals surface area contributed by atoms with Crippen LogP contribution in [0.4, 0.5) is 21.9 Å². The number of aromatic nitrogens is 1. The highest BCUT2D eigenvalue weighted by Gasteiger charge is 2.33. The number of hydrogen-bond acceptors (Lipinski definition) is 6. The standard InChI is InChI=1S/C27H23N5O3S2/c1-2-21(33)31-13-3-5-17(15-31)29-25(34)24-23-22-19(11-12-28-26(22)37-24)32(27(35)30-23)18-9-7-16(8-10-18)20-6-4-14-36-20/h2,4,6-12,14,17H,1,3,5,13,15H2,(H,29,34)(H,30,35). The number of benzene rings is 1. The molecule has 4 aromatic rings. The predicted octanol–water partition coefficient (Wildman–Crippen LogP) is 5.62. The van der Waals surface area contributed by atoms with Gasteiger partial charge >= 0.3 is 6.03 Å². The van der Waals surface area contributed by atoms with E-state index in [2.05, 4.69) is 28.3 Å². The van der Waals surface area contributed by atoms with Crippen LogP contribution in [0, 0.1) is 0 Å². The van der Waals surface area contributed by atoms with Gasteiger partial charge in [-0.3, -0.25) is 14.5 Å². The zero-order valence-electron chi connectivity index (χ0n) is 19.8. The maximum Gasteiger partial charge on any atom is 0.331 e. The highest BCUT2D eigenvalue weighted by atomic mass is 32.1. The van der Waals surface area contributed by atoms with Crippen molar-refractivity contribution >= 4 is 67.8 Å². The van der Waals surface area contributed by atoms with Crippen LogP contribution in [0.5, 0.6) is 0 Å². The van der Waals surface area contributed by atoms with E-state index < -0.39 is 0 Å². The van der Waals surface area contributed by atoms with Gasteiger partial charge in [-0.2, -0.15) is 0 Å². The smallest absolute Gasteiger partial charge is 0.331 e. The minimum atomic E-state index is -0.336. The summed E-state index contributed by atoms with van der Waals surface area (Å²) in [5.41, 5.74) is 2.97. The molecule has 186 valence electrons. The second-order valence-electron chi connectivity index (χ2n) is 8.91. The molecule has 0 saturated carbocycles. The maximum atomic E-state index is 13.3. The molecule has 1 unspecified atom stereocenters. The number of hydrogen-bond donors (Lipinski definition) is 2. The first kappa shape index (κ1) is 23.4. The number of carbonyl (C=O) groups excluding carboxylic acids is 3. The molecule has 1 fully saturated rings. The summed E-state index contributed by atoms with van der Waals surface area (Å²) in [7, 11) is 0. The molecule has 10 heteroatoms. The second kappa shape index (κ2) is 9.45. The topological polar surface area (TPSA) is 94.6 Å². The maximum absolute atomic E-state index is 13.3. The first-order valence-electron chi connectivity index (χ1n) is 11.9. The van der Waals surface area contributed by atoms with Crippen molar-refractivity contribution in [1.82, 2.24) is 15.2 Å². The van der Waals surface area contributed by atoms with E-state index in [-0.39, 0.29) is 23.9 Å². The number of piperidine rings is 1. The Labute approximate surface area is 221 Å². The molecule has 4 amide bonds. The highest BCUT2D eigenvalue weighted by molar-refractivity contribution is 7.21. The lowest BCUT2D eigenvalue weighted by atomic mass is 10.1. The van der Waals surface area contributed by atoms with Crippen LogP contribution in [-0.2, 0) is 4.79 Å². The molecule has 6 rings (SSSR count). The average molecular weight is 530 g/mol. The lowest BCUT2D eigenvalue weighted by Gasteiger charge is -2.32. The van der Waals surface area contributed by atoms with Crippen LogP contribution in [0.2, 0.25) is 0 Å². The Kier molecular flexibility index (Phi) is 5.97. The molecule has 0 radical (unpaired) electrons. The van der Waals surface area contributed by atoms with Crippen molar-refractivity contribution < 1.29 is 14.4 Å². The minimum absolute atomic E-state index is 0.138. The number of pyridine rings is 1. The van der Waals surface area contributed by atoms with Crippen molar-refractivity contribution in [3.05, 3.63) is 71.6 Å². The fourth-order valence-electron chi connectivity index (χ4n) is 4.89. The fourth-order valence-corrected chi connectivity index (χ4v) is 6.65. The molecule has 1 aromatic carbocycles. The molecule has 2 aliphatic heterocycles. The van der Waals surface area contributed by atoms with Crippen LogP contribution in [0.3, 0.4) is 0 Å². The van der Waals surface area contributed by atoms with Crippen molar-refractivity contribution in [2.24, 2.45) is 0 Å². The van der Waals surface area contributed by atoms with Crippen molar-refractivity contribution in [3.8, 4) is 10.4 Å². The summed E-state index contributed by atoms with van der Waals surface area (Å²) in [6, 6.07) is 13.2. The van der Waals surface area contributed by atoms with Gasteiger partial charge in [0.2, 0.25) is 5.91 Å². The number of rotatable bonds is 5. The Hall–Kier alpha value is -4.02. The zero-order valence-corrected chi connectivity index (χ0v) is 21.4. The fraction of sp³-hybridized carbons (Fsp3) is 0.185. The summed E-state index contributed by atoms with van der Waals surface area (Å²) in [5.74, 6) is -0.420. The van der Waals surface area contributed by atoms with E-state index in [1.807, 2.05) is 35.7 Å². The van der Waals surface area contributed by atoms with E-state index in [4.69, 9.17) is 0 Å². The van der Waals surface area contributed by atoms with E-state index >= 15 is 0 Å². The van der Waals surface area contributed by atoms with E-state index in [1.54, 1.807) is 33.4 Å². The van der Waals surface area contributed by atoms with Gasteiger partial charge in [0.05, 0.1) is 22.4 Å². The van der Waals surface area contributed by atoms with Gasteiger partial charge in [-0.25, -0.2) is 9.78 Å². The first-order chi connectivity index (χ1) is 18.0. The van der Waals surface area contributed by atoms with Crippen molar-refractivity contribution in [1.29, 1.82) is 0 Å². The number of likely N-dealkylation sites (tertiary alicyclic amines) is 1. The van der Waals surface area contributed by atoms with Gasteiger partial charge < -0.3 is 15.5 Å². The Morgan fingerprint density at radius 2 is 2.03 bits per heavy atom. The zero-order chi connectivity index (χ0) is 25.5. The number of carbonyl (C=O) groups is 3. The number of urea groups is 1. The molecule has 1 atom stereocenters. The molecule has 5 heterocycles. The molecule has 3 aromatic heterocycles. The third-order valence-corrected chi connectivity index (χ3v) is 8.64. The van der Waals surface area contributed by atoms with Crippen LogP contribution in [0.15, 0.2) is 66.7 Å². The van der Waals surface area contributed by atoms with Crippen LogP contribution in [0.1, 0.15) is 22.5 Å². The molecular weight excluding hydrogens is 506 g/mol. The Balaban J connectivity index is 1.30. The Morgan fingerprint density at radius 1 is 1.19 bits per heavy atom. The van der Waals surface area contributed by atoms with Gasteiger partial charge in [0.15, 0.2) is 0 Å². The van der Waals surface area contributed by atoms with Gasteiger partial charge in [0.1, 0.15) is 9.71 Å². The molecule has 37 heavy (non-hydrogen) atoms. The monoisotopic (exact) mass is 529 g/mol. The van der Waals surface area contributed by atoms with Gasteiger partial charge in [0.25, 0.3) is 5.91 Å². The number of thiophene rings is 2. The van der Waals surface area contributed by atoms with Crippen LogP contribution in [-0.4, -0.2) is 46.9 Å². The van der Waals surface area contributed by atoms with Crippen LogP contribution in [0.25, 0.3) is 20.7 Å². The molecule has 2 aliphatic rings. The molecule has 1 saturated heterocycles. The van der Waals surface area contributed by atoms with E-state index in [1.165, 1.54) is 17.4 Å². The summed E-state index contributed by atoms with van der Waals surface area (Å²) >= 11 is 2.91. The largest absolute Gasteiger partial charge is 0.347 e. The summed E-state index contributed by atoms with van der Waals surface area (Å²) in [5, 5.41) is 8.77. The summed E-state index contributed by atoms with van der Waals surface area (Å²) in [6.07, 6.45) is 4.53. The molecule has 0 aliphatic carbocycles. The molecule has 0 bridgehead atoms. The second-order valence-corrected chi connectivity index (χ2v) is 10.9. The number of anilines is 3. The van der Waals surface area contributed by atoms with Gasteiger partial charge in [-0.15, -0.1) is 22.7 Å². The first-order valence-corrected chi connectivity index (χ1v) is 13.6. The molecule has 2 N–H and O–H groups in total. The quantitative estimate of drug-likeness (QED) is 0.328. The Bertz CT molecular complexity index is 1530. The number of nitrogens with one attached hydrogen (secondary N) is 2. The van der Waals surface area contributed by atoms with Gasteiger partial charge in [-0.05, 0) is 54.1 Å². The van der Waals surface area contributed by atoms with Crippen LogP contribution >= 0.6 is 22.7 Å². The number of nitrogens with zero attached hydrogens (tertiary/aromatic N) is 3. The van der Waals surface area contributed by atoms with Gasteiger partial charge in [-0.1, -0.05) is 24.8 Å². The summed E-state index contributed by atoms with van der Waals surface area (Å²) in [6.45, 7) is 4.64. The molecule has 0 spiro atoms. The van der Waals surface area contributed by atoms with Crippen molar-refractivity contribution in [3.63, 3.8) is 0 Å². The minimum Gasteiger partial charge on any atom is -0.347 e. The predicted molar refractivity (Wildman–Crippen MR) is 148 cm³/mol. The molecule has 8 nitrogen and oxygen atoms in total. The molecular formula is C27H23N5O3S2. The van der Waals surface area contributed by atoms with Gasteiger partial charge in [0, 0.05) is 30.2 Å². The average Bonchev–Trinajstić information content (AvgIpc) is 3.58. The third-order valence-electron chi connectivity index (χ3n) is 6.63. The summed E-state index contributed by atoms with van der Waals surface area (Å²) < 4.78 is 0. The van der Waals surface area contributed by atoms with E-state index in [0.717, 1.165) is 34.4 Å². The lowest BCUT2D eigenvalue weighted by Crippen LogP contribution is -2.49. The van der Waals surface area contributed by atoms with Crippen LogP contribution < -0.4 is 15.5 Å². The SMILES string of the molecule is C=CC(=O)N1CCCC(NC(=O)c2sc3nccc4c3c2NC(=O)N4c2ccc(-c3cccs3)cc2)C1. The summed E-state index contributed by atoms with van der Waals surface area (Å²) in [4.78, 5) is 48.7. The van der Waals surface area contributed by atoms with E-state index in [0.29, 0.717) is 34.2 Å². The normalized spacial score (nSPS) is 17.0. The van der Waals surface area contributed by atoms with Crippen molar-refractivity contribution in [2.75, 3.05) is 23.3 Å². The number of amides is 4. The lowest BCUT2D eigenvalue weighted by molar-refractivity contribution is -0.127. The third kappa shape index (κ3) is 4.17.